The topological polar surface area (TPSA) is 129 Å². The molecule has 0 radical (unpaired) electrons. The first kappa shape index (κ1) is 28.0. The first-order valence-electron chi connectivity index (χ1n) is 11.9. The van der Waals surface area contributed by atoms with Gasteiger partial charge in [0.05, 0.1) is 12.0 Å². The molecule has 2 aliphatic rings. The minimum Gasteiger partial charge on any atom is -0.846 e. The third-order valence-corrected chi connectivity index (χ3v) is 6.40. The molecule has 2 amide bonds. The molecule has 0 bridgehead atoms. The number of amidine groups is 2. The monoisotopic (exact) mass is 542 g/mol. The van der Waals surface area contributed by atoms with E-state index < -0.39 is 34.9 Å². The molecular formula is C30H22CaN4O4. The molecule has 0 aliphatic carbocycles. The van der Waals surface area contributed by atoms with E-state index in [2.05, 4.69) is 20.6 Å². The Balaban J connectivity index is 0.000000176. The molecule has 9 heteroatoms. The summed E-state index contributed by atoms with van der Waals surface area (Å²) in [6.07, 6.45) is 0. The molecule has 188 valence electrons. The molecule has 39 heavy (non-hydrogen) atoms. The van der Waals surface area contributed by atoms with E-state index in [0.717, 1.165) is 0 Å². The minimum absolute atomic E-state index is 0. The molecule has 0 spiro atoms. The van der Waals surface area contributed by atoms with Gasteiger partial charge in [-0.1, -0.05) is 121 Å². The minimum atomic E-state index is -1.26. The van der Waals surface area contributed by atoms with Crippen LogP contribution < -0.4 is 20.8 Å². The average Bonchev–Trinajstić information content (AvgIpc) is 3.45. The summed E-state index contributed by atoms with van der Waals surface area (Å²) in [4.78, 5) is 32.6. The van der Waals surface area contributed by atoms with E-state index in [0.29, 0.717) is 22.3 Å². The van der Waals surface area contributed by atoms with Crippen LogP contribution in [0, 0.1) is 0 Å². The molecule has 0 unspecified atom stereocenters. The van der Waals surface area contributed by atoms with E-state index in [1.54, 1.807) is 48.5 Å². The van der Waals surface area contributed by atoms with E-state index in [1.165, 1.54) is 0 Å². The van der Waals surface area contributed by atoms with Crippen LogP contribution in [-0.2, 0) is 20.7 Å². The maximum absolute atomic E-state index is 12.3. The molecule has 0 fully saturated rings. The molecule has 0 saturated carbocycles. The van der Waals surface area contributed by atoms with Crippen molar-refractivity contribution in [1.29, 1.82) is 0 Å². The maximum Gasteiger partial charge on any atom is 2.00 e. The number of nitrogens with zero attached hydrogens (tertiary/aromatic N) is 2. The summed E-state index contributed by atoms with van der Waals surface area (Å²) < 4.78 is 0. The Labute approximate surface area is 255 Å². The van der Waals surface area contributed by atoms with Crippen LogP contribution in [0.3, 0.4) is 0 Å². The predicted octanol–water partition coefficient (Wildman–Crippen LogP) is 1.17. The van der Waals surface area contributed by atoms with Crippen molar-refractivity contribution in [2.75, 3.05) is 0 Å². The normalized spacial score (nSPS) is 16.4. The Morgan fingerprint density at radius 3 is 0.872 bits per heavy atom. The molecule has 8 nitrogen and oxygen atoms in total. The van der Waals surface area contributed by atoms with Gasteiger partial charge in [-0.3, -0.25) is 19.6 Å². The second-order valence-electron chi connectivity index (χ2n) is 8.63. The van der Waals surface area contributed by atoms with Gasteiger partial charge in [-0.2, -0.15) is 0 Å². The first-order chi connectivity index (χ1) is 18.5. The van der Waals surface area contributed by atoms with Crippen molar-refractivity contribution >= 4 is 61.6 Å². The summed E-state index contributed by atoms with van der Waals surface area (Å²) in [7, 11) is 0. The zero-order chi connectivity index (χ0) is 26.6. The fourth-order valence-electron chi connectivity index (χ4n) is 4.67. The van der Waals surface area contributed by atoms with E-state index in [-0.39, 0.29) is 37.7 Å². The molecule has 2 N–H and O–H groups in total. The van der Waals surface area contributed by atoms with Crippen molar-refractivity contribution in [2.45, 2.75) is 11.1 Å². The maximum atomic E-state index is 12.3. The van der Waals surface area contributed by atoms with Crippen molar-refractivity contribution in [3.63, 3.8) is 0 Å². The summed E-state index contributed by atoms with van der Waals surface area (Å²) in [5.74, 6) is -0.815. The number of aliphatic imine (C=N–C) groups is 2. The standard InChI is InChI=1S/2C15H12N2O2.Ca/c2*18-13-15(17-14(19)16-13,11-7-3-1-4-8-11)12-9-5-2-6-10-12;/h2*1-10H,(H2,16,17,18,19);/q;;+2/p-2. The number of carbonyl (C=O) groups is 2. The molecule has 0 aromatic heterocycles. The molecule has 0 atom stereocenters. The van der Waals surface area contributed by atoms with Gasteiger partial charge in [0.1, 0.15) is 0 Å². The van der Waals surface area contributed by atoms with Crippen molar-refractivity contribution in [3.05, 3.63) is 144 Å². The first-order valence-corrected chi connectivity index (χ1v) is 11.9. The zero-order valence-corrected chi connectivity index (χ0v) is 23.0. The molecule has 6 rings (SSSR count). The third-order valence-electron chi connectivity index (χ3n) is 6.40. The molecule has 2 heterocycles. The van der Waals surface area contributed by atoms with Gasteiger partial charge in [-0.15, -0.1) is 0 Å². The van der Waals surface area contributed by atoms with Gasteiger partial charge >= 0.3 is 37.7 Å². The number of nitrogens with one attached hydrogen (secondary N) is 2. The number of benzene rings is 4. The Morgan fingerprint density at radius 2 is 0.692 bits per heavy atom. The van der Waals surface area contributed by atoms with Crippen LogP contribution in [0.1, 0.15) is 22.3 Å². The van der Waals surface area contributed by atoms with Crippen LogP contribution in [0.4, 0.5) is 0 Å². The summed E-state index contributed by atoms with van der Waals surface area (Å²) in [5, 5.41) is 27.6. The number of rotatable bonds is 4. The molecule has 4 aromatic carbocycles. The largest absolute Gasteiger partial charge is 2.00 e. The van der Waals surface area contributed by atoms with Gasteiger partial charge < -0.3 is 20.8 Å². The Morgan fingerprint density at radius 1 is 0.462 bits per heavy atom. The van der Waals surface area contributed by atoms with Crippen LogP contribution >= 0.6 is 0 Å². The zero-order valence-electron chi connectivity index (χ0n) is 20.8. The second-order valence-corrected chi connectivity index (χ2v) is 8.63. The van der Waals surface area contributed by atoms with Gasteiger partial charge in [0.25, 0.3) is 11.8 Å². The Kier molecular flexibility index (Phi) is 8.50. The fraction of sp³-hybridized carbons (Fsp3) is 0.0667. The van der Waals surface area contributed by atoms with Gasteiger partial charge in [-0.25, -0.2) is 0 Å². The van der Waals surface area contributed by atoms with Crippen LogP contribution in [-0.4, -0.2) is 61.6 Å². The second kappa shape index (κ2) is 11.8. The number of hydrogen-bond acceptors (Lipinski definition) is 6. The van der Waals surface area contributed by atoms with Crippen molar-refractivity contribution in [1.82, 2.24) is 10.6 Å². The van der Waals surface area contributed by atoms with Crippen LogP contribution in [0.2, 0.25) is 0 Å². The Hall–Kier alpha value is -3.98. The van der Waals surface area contributed by atoms with E-state index in [1.807, 2.05) is 72.8 Å². The van der Waals surface area contributed by atoms with Crippen LogP contribution in [0.15, 0.2) is 131 Å². The van der Waals surface area contributed by atoms with E-state index in [9.17, 15) is 19.8 Å². The SMILES string of the molecule is O=C1NC([O-])=NC1(c1ccccc1)c1ccccc1.O=C1NC([O-])=NC1(c1ccccc1)c1ccccc1.[Ca+2]. The fourth-order valence-corrected chi connectivity index (χ4v) is 4.67. The Bertz CT molecular complexity index is 1320. The molecular weight excluding hydrogens is 520 g/mol. The van der Waals surface area contributed by atoms with Crippen LogP contribution in [0.5, 0.6) is 0 Å². The average molecular weight is 543 g/mol. The van der Waals surface area contributed by atoms with Gasteiger partial charge in [0.2, 0.25) is 0 Å². The summed E-state index contributed by atoms with van der Waals surface area (Å²) in [5.41, 5.74) is 0.211. The van der Waals surface area contributed by atoms with Crippen molar-refractivity contribution in [3.8, 4) is 0 Å². The van der Waals surface area contributed by atoms with Crippen LogP contribution in [0.25, 0.3) is 0 Å². The van der Waals surface area contributed by atoms with Crippen molar-refractivity contribution < 1.29 is 19.8 Å². The summed E-state index contributed by atoms with van der Waals surface area (Å²) in [6.45, 7) is 0. The number of carbonyl (C=O) groups excluding carboxylic acids is 2. The quantitative estimate of drug-likeness (QED) is 0.375. The molecule has 4 aromatic rings. The van der Waals surface area contributed by atoms with E-state index in [4.69, 9.17) is 0 Å². The summed E-state index contributed by atoms with van der Waals surface area (Å²) in [6, 6.07) is 35.2. The summed E-state index contributed by atoms with van der Waals surface area (Å²) >= 11 is 0. The van der Waals surface area contributed by atoms with Gasteiger partial charge in [-0.05, 0) is 22.3 Å². The third kappa shape index (κ3) is 5.18. The van der Waals surface area contributed by atoms with Gasteiger partial charge in [0.15, 0.2) is 11.1 Å². The van der Waals surface area contributed by atoms with Gasteiger partial charge in [0, 0.05) is 0 Å². The predicted molar refractivity (Wildman–Crippen MR) is 144 cm³/mol. The van der Waals surface area contributed by atoms with Crippen molar-refractivity contribution in [2.24, 2.45) is 9.98 Å². The number of hydrogen-bond donors (Lipinski definition) is 2. The smallest absolute Gasteiger partial charge is 0.846 e. The molecule has 0 saturated heterocycles. The van der Waals surface area contributed by atoms with E-state index >= 15 is 0 Å². The molecule has 2 aliphatic heterocycles. The number of amides is 2.